The Labute approximate surface area is 412 Å². The van der Waals surface area contributed by atoms with Gasteiger partial charge in [-0.1, -0.05) is 239 Å². The molecule has 0 aliphatic heterocycles. The molecule has 1 unspecified atom stereocenters. The lowest BCUT2D eigenvalue weighted by Crippen LogP contribution is -2.30. The van der Waals surface area contributed by atoms with Crippen molar-refractivity contribution in [3.05, 3.63) is 109 Å². The van der Waals surface area contributed by atoms with E-state index in [1.54, 1.807) is 0 Å². The van der Waals surface area contributed by atoms with Gasteiger partial charge in [0, 0.05) is 19.3 Å². The molecule has 6 heteroatoms. The van der Waals surface area contributed by atoms with Crippen molar-refractivity contribution in [2.75, 3.05) is 13.2 Å². The summed E-state index contributed by atoms with van der Waals surface area (Å²) in [4.78, 5) is 37.5. The Kier molecular flexibility index (Phi) is 51.5. The number of esters is 3. The van der Waals surface area contributed by atoms with E-state index >= 15 is 0 Å². The van der Waals surface area contributed by atoms with Gasteiger partial charge in [-0.25, -0.2) is 0 Å². The molecule has 0 N–H and O–H groups in total. The summed E-state index contributed by atoms with van der Waals surface area (Å²) in [6.45, 7) is 6.39. The molecular weight excluding hydrogens is 829 g/mol. The third-order valence-electron chi connectivity index (χ3n) is 11.3. The zero-order valence-corrected chi connectivity index (χ0v) is 43.4. The monoisotopic (exact) mass is 929 g/mol. The second-order valence-corrected chi connectivity index (χ2v) is 17.8. The van der Waals surface area contributed by atoms with Crippen molar-refractivity contribution in [3.8, 4) is 0 Å². The van der Waals surface area contributed by atoms with Gasteiger partial charge in [0.05, 0.1) is 0 Å². The fourth-order valence-electron chi connectivity index (χ4n) is 7.20. The zero-order chi connectivity index (χ0) is 48.6. The molecule has 0 spiro atoms. The average Bonchev–Trinajstić information content (AvgIpc) is 3.33. The van der Waals surface area contributed by atoms with Crippen molar-refractivity contribution in [3.63, 3.8) is 0 Å². The van der Waals surface area contributed by atoms with E-state index in [9.17, 15) is 14.4 Å². The van der Waals surface area contributed by atoms with Gasteiger partial charge in [0.1, 0.15) is 13.2 Å². The minimum absolute atomic E-state index is 0.0808. The second kappa shape index (κ2) is 54.7. The van der Waals surface area contributed by atoms with E-state index in [1.165, 1.54) is 70.6 Å². The van der Waals surface area contributed by atoms with Gasteiger partial charge in [0.25, 0.3) is 0 Å². The van der Waals surface area contributed by atoms with Gasteiger partial charge in [0.2, 0.25) is 0 Å². The van der Waals surface area contributed by atoms with Crippen LogP contribution >= 0.6 is 0 Å². The van der Waals surface area contributed by atoms with Crippen LogP contribution in [0.15, 0.2) is 109 Å². The highest BCUT2D eigenvalue weighted by Gasteiger charge is 2.19. The largest absolute Gasteiger partial charge is 0.462 e. The van der Waals surface area contributed by atoms with Gasteiger partial charge in [-0.2, -0.15) is 0 Å². The molecule has 0 rings (SSSR count). The highest BCUT2D eigenvalue weighted by molar-refractivity contribution is 5.71. The highest BCUT2D eigenvalue weighted by atomic mass is 16.6. The quantitative estimate of drug-likeness (QED) is 0.0262. The van der Waals surface area contributed by atoms with Gasteiger partial charge in [-0.05, 0) is 89.9 Å². The molecule has 0 aliphatic carbocycles. The molecule has 380 valence electrons. The number of rotatable bonds is 48. The van der Waals surface area contributed by atoms with E-state index in [1.807, 2.05) is 0 Å². The van der Waals surface area contributed by atoms with Crippen LogP contribution in [0.3, 0.4) is 0 Å². The second-order valence-electron chi connectivity index (χ2n) is 17.8. The van der Waals surface area contributed by atoms with Crippen molar-refractivity contribution in [2.45, 2.75) is 245 Å². The molecule has 0 aromatic heterocycles. The van der Waals surface area contributed by atoms with Crippen LogP contribution in [0, 0.1) is 0 Å². The topological polar surface area (TPSA) is 78.9 Å². The van der Waals surface area contributed by atoms with Crippen LogP contribution in [-0.4, -0.2) is 37.2 Å². The van der Waals surface area contributed by atoms with Crippen molar-refractivity contribution in [2.24, 2.45) is 0 Å². The molecule has 0 aromatic rings. The molecule has 0 amide bonds. The number of hydrogen-bond acceptors (Lipinski definition) is 6. The first-order chi connectivity index (χ1) is 33.0. The highest BCUT2D eigenvalue weighted by Crippen LogP contribution is 2.14. The van der Waals surface area contributed by atoms with Crippen molar-refractivity contribution in [1.29, 1.82) is 0 Å². The molecule has 0 bridgehead atoms. The smallest absolute Gasteiger partial charge is 0.306 e. The first kappa shape index (κ1) is 63.1. The molecule has 1 atom stereocenters. The summed E-state index contributed by atoms with van der Waals surface area (Å²) in [6, 6.07) is 0. The van der Waals surface area contributed by atoms with E-state index < -0.39 is 6.10 Å². The van der Waals surface area contributed by atoms with Crippen LogP contribution in [0.1, 0.15) is 239 Å². The Bertz CT molecular complexity index is 1390. The minimum atomic E-state index is -0.775. The standard InChI is InChI=1S/C61H100O6/c1-4-7-10-13-15-17-18-19-20-21-22-23-24-25-26-27-28-29-30-31-32-33-34-35-36-37-38-39-40-41-42-44-45-48-51-54-60(63)66-57-58(56-65-59(62)53-50-47-12-9-6-3)67-61(64)55-52-49-46-43-16-14-11-8-5-2/h7,10,15,17,19-20,22-23,25-26,28-29,31-32,34-35,37-38,58H,4-6,8-9,11-14,16,18,21,24,27,30,33,36,39-57H2,1-3H3/b10-7-,17-15-,20-19-,23-22-,26-25-,29-28-,32-31-,35-34-,38-37-. The predicted octanol–water partition coefficient (Wildman–Crippen LogP) is 18.3. The fourth-order valence-corrected chi connectivity index (χ4v) is 7.20. The molecule has 0 radical (unpaired) electrons. The summed E-state index contributed by atoms with van der Waals surface area (Å²) in [5, 5.41) is 0. The van der Waals surface area contributed by atoms with Gasteiger partial charge in [-0.15, -0.1) is 0 Å². The van der Waals surface area contributed by atoms with Crippen molar-refractivity contribution in [1.82, 2.24) is 0 Å². The zero-order valence-electron chi connectivity index (χ0n) is 43.4. The lowest BCUT2D eigenvalue weighted by Gasteiger charge is -2.18. The van der Waals surface area contributed by atoms with Crippen LogP contribution < -0.4 is 0 Å². The number of unbranched alkanes of at least 4 members (excludes halogenated alkanes) is 19. The third-order valence-corrected chi connectivity index (χ3v) is 11.3. The van der Waals surface area contributed by atoms with E-state index in [-0.39, 0.29) is 31.1 Å². The summed E-state index contributed by atoms with van der Waals surface area (Å²) in [5.41, 5.74) is 0. The molecule has 67 heavy (non-hydrogen) atoms. The number of allylic oxidation sites excluding steroid dienone is 18. The summed E-state index contributed by atoms with van der Waals surface area (Å²) in [5.74, 6) is -0.913. The molecule has 0 fully saturated rings. The lowest BCUT2D eigenvalue weighted by atomic mass is 10.1. The average molecular weight is 929 g/mol. The van der Waals surface area contributed by atoms with E-state index in [2.05, 4.69) is 130 Å². The summed E-state index contributed by atoms with van der Waals surface area (Å²) >= 11 is 0. The first-order valence-corrected chi connectivity index (χ1v) is 27.4. The van der Waals surface area contributed by atoms with Gasteiger partial charge < -0.3 is 14.2 Å². The summed E-state index contributed by atoms with van der Waals surface area (Å²) < 4.78 is 16.6. The number of carbonyl (C=O) groups is 3. The normalized spacial score (nSPS) is 12.9. The van der Waals surface area contributed by atoms with Gasteiger partial charge in [0.15, 0.2) is 6.10 Å². The molecule has 0 saturated heterocycles. The Hall–Kier alpha value is -3.93. The number of carbonyl (C=O) groups excluding carboxylic acids is 3. The van der Waals surface area contributed by atoms with Crippen LogP contribution in [0.2, 0.25) is 0 Å². The van der Waals surface area contributed by atoms with Crippen LogP contribution in [-0.2, 0) is 28.6 Å². The molecular formula is C61H100O6. The Morgan fingerprint density at radius 3 is 0.910 bits per heavy atom. The fraction of sp³-hybridized carbons (Fsp3) is 0.656. The Morgan fingerprint density at radius 2 is 0.582 bits per heavy atom. The van der Waals surface area contributed by atoms with Crippen molar-refractivity contribution < 1.29 is 28.6 Å². The maximum Gasteiger partial charge on any atom is 0.306 e. The molecule has 0 aromatic carbocycles. The first-order valence-electron chi connectivity index (χ1n) is 27.4. The van der Waals surface area contributed by atoms with Crippen LogP contribution in [0.5, 0.6) is 0 Å². The lowest BCUT2D eigenvalue weighted by molar-refractivity contribution is -0.167. The Morgan fingerprint density at radius 1 is 0.313 bits per heavy atom. The van der Waals surface area contributed by atoms with Crippen LogP contribution in [0.4, 0.5) is 0 Å². The van der Waals surface area contributed by atoms with Crippen LogP contribution in [0.25, 0.3) is 0 Å². The number of hydrogen-bond donors (Lipinski definition) is 0. The summed E-state index contributed by atoms with van der Waals surface area (Å²) in [6.07, 6.45) is 74.2. The maximum atomic E-state index is 12.6. The maximum absolute atomic E-state index is 12.6. The van der Waals surface area contributed by atoms with E-state index in [0.29, 0.717) is 19.3 Å². The predicted molar refractivity (Wildman–Crippen MR) is 288 cm³/mol. The molecule has 6 nitrogen and oxygen atoms in total. The molecule has 0 aliphatic rings. The number of ether oxygens (including phenoxy) is 3. The Balaban J connectivity index is 4.01. The SMILES string of the molecule is CC/C=C\C/C=C\C/C=C\C/C=C\C/C=C\C/C=C\C/C=C\C/C=C\C/C=C\CCCCCCCCCC(=O)OCC(COC(=O)CCCCCCC)OC(=O)CCCCCCCCCCC. The molecule has 0 heterocycles. The minimum Gasteiger partial charge on any atom is -0.462 e. The van der Waals surface area contributed by atoms with Gasteiger partial charge in [-0.3, -0.25) is 14.4 Å². The summed E-state index contributed by atoms with van der Waals surface area (Å²) in [7, 11) is 0. The molecule has 0 saturated carbocycles. The van der Waals surface area contributed by atoms with Gasteiger partial charge >= 0.3 is 17.9 Å². The van der Waals surface area contributed by atoms with Crippen molar-refractivity contribution >= 4 is 17.9 Å². The third kappa shape index (κ3) is 52.9. The van der Waals surface area contributed by atoms with E-state index in [4.69, 9.17) is 14.2 Å². The van der Waals surface area contributed by atoms with E-state index in [0.717, 1.165) is 128 Å².